The third-order valence-corrected chi connectivity index (χ3v) is 18.8. The molecule has 15 heterocycles. The Kier molecular flexibility index (Phi) is 17.8. The number of epoxide rings is 11. The molecular weight excluding hydrogens is 1280 g/mol. The van der Waals surface area contributed by atoms with Gasteiger partial charge in [0, 0.05) is 17.5 Å². The number of amides is 4. The summed E-state index contributed by atoms with van der Waals surface area (Å²) < 4.78 is 76.2. The van der Waals surface area contributed by atoms with Gasteiger partial charge in [0.2, 0.25) is 0 Å². The Hall–Kier alpha value is -8.34. The van der Waals surface area contributed by atoms with Gasteiger partial charge in [-0.1, -0.05) is 66.7 Å². The normalized spacial score (nSPS) is 28.6. The van der Waals surface area contributed by atoms with Crippen molar-refractivity contribution in [1.29, 1.82) is 0 Å². The van der Waals surface area contributed by atoms with Gasteiger partial charge >= 0.3 is 46.2 Å². The van der Waals surface area contributed by atoms with Crippen LogP contribution in [0.2, 0.25) is 0 Å². The number of hydrogen-bond donors (Lipinski definition) is 0. The molecule has 11 atom stereocenters. The molecular formula is C67H76N10O21. The predicted molar refractivity (Wildman–Crippen MR) is 343 cm³/mol. The zero-order valence-electron chi connectivity index (χ0n) is 53.7. The summed E-state index contributed by atoms with van der Waals surface area (Å²) in [4.78, 5) is 107. The first-order valence-electron chi connectivity index (χ1n) is 33.5. The molecule has 13 aliphatic heterocycles. The first-order valence-corrected chi connectivity index (χ1v) is 33.5. The van der Waals surface area contributed by atoms with Crippen molar-refractivity contribution in [2.45, 2.75) is 125 Å². The summed E-state index contributed by atoms with van der Waals surface area (Å²) in [7, 11) is 0. The third kappa shape index (κ3) is 15.0. The van der Waals surface area contributed by atoms with E-state index in [9.17, 15) is 38.4 Å². The molecule has 19 rings (SSSR count). The Morgan fingerprint density at radius 1 is 0.337 bits per heavy atom. The fourth-order valence-electron chi connectivity index (χ4n) is 12.5. The molecule has 13 aliphatic rings. The van der Waals surface area contributed by atoms with E-state index in [1.165, 1.54) is 38.7 Å². The summed E-state index contributed by atoms with van der Waals surface area (Å²) in [6.07, 6.45) is 1.69. The second-order valence-corrected chi connectivity index (χ2v) is 26.5. The highest BCUT2D eigenvalue weighted by molar-refractivity contribution is 5.92. The second-order valence-electron chi connectivity index (χ2n) is 26.5. The molecule has 0 saturated carbocycles. The lowest BCUT2D eigenvalue weighted by molar-refractivity contribution is 0.111. The number of rotatable bonds is 28. The summed E-state index contributed by atoms with van der Waals surface area (Å²) in [6.45, 7) is 14.6. The zero-order chi connectivity index (χ0) is 66.9. The first-order chi connectivity index (χ1) is 47.8. The zero-order valence-corrected chi connectivity index (χ0v) is 53.7. The van der Waals surface area contributed by atoms with Crippen LogP contribution in [-0.2, 0) is 97.8 Å². The van der Waals surface area contributed by atoms with E-state index in [-0.39, 0.29) is 131 Å². The minimum atomic E-state index is -0.622. The molecule has 0 spiro atoms. The van der Waals surface area contributed by atoms with Crippen molar-refractivity contribution in [2.75, 3.05) is 112 Å². The van der Waals surface area contributed by atoms with Gasteiger partial charge in [-0.15, -0.1) is 6.58 Å². The van der Waals surface area contributed by atoms with Crippen LogP contribution in [0.1, 0.15) is 11.1 Å². The Morgan fingerprint density at radius 2 is 0.592 bits per heavy atom. The lowest BCUT2D eigenvalue weighted by atomic mass is 9.93. The second kappa shape index (κ2) is 27.1. The Balaban J connectivity index is 0.000000104. The van der Waals surface area contributed by atoms with Crippen LogP contribution in [0.25, 0.3) is 21.5 Å². The van der Waals surface area contributed by atoms with Crippen molar-refractivity contribution in [2.24, 2.45) is 0 Å². The summed E-state index contributed by atoms with van der Waals surface area (Å²) in [5, 5.41) is 4.84. The molecule has 520 valence electrons. The number of carbonyl (C=O) groups excluding carboxylic acids is 2. The van der Waals surface area contributed by atoms with E-state index in [0.29, 0.717) is 98.9 Å². The number of carbonyl (C=O) groups is 2. The molecule has 4 amide bonds. The smallest absolute Gasteiger partial charge is 0.336 e. The number of nitrogens with zero attached hydrogens (tertiary/aromatic N) is 10. The molecule has 98 heavy (non-hydrogen) atoms. The molecule has 13 saturated heterocycles. The fourth-order valence-corrected chi connectivity index (χ4v) is 12.5. The number of hydrogen-bond acceptors (Lipinski definition) is 21. The number of ether oxygens (including phenoxy) is 13. The minimum Gasteiger partial charge on any atom is -0.490 e. The predicted octanol–water partition coefficient (Wildman–Crippen LogP) is -0.629. The maximum Gasteiger partial charge on any atom is 0.336 e. The minimum absolute atomic E-state index is 0.0399. The van der Waals surface area contributed by atoms with Crippen molar-refractivity contribution >= 4 is 33.6 Å². The number of aromatic nitrogens is 6. The molecule has 11 unspecified atom stereocenters. The summed E-state index contributed by atoms with van der Waals surface area (Å²) in [5.41, 5.74) is -1.26. The van der Waals surface area contributed by atoms with E-state index in [1.807, 2.05) is 0 Å². The van der Waals surface area contributed by atoms with Crippen LogP contribution >= 0.6 is 0 Å². The topological polar surface area (TPSA) is 335 Å². The summed E-state index contributed by atoms with van der Waals surface area (Å²) in [6, 6.07) is 25.3. The molecule has 0 N–H and O–H groups in total. The number of fused-ring (bicyclic) bond motifs is 3. The Morgan fingerprint density at radius 3 is 0.857 bits per heavy atom. The van der Waals surface area contributed by atoms with E-state index in [4.69, 9.17) is 61.6 Å². The van der Waals surface area contributed by atoms with Gasteiger partial charge in [-0.25, -0.2) is 65.8 Å². The molecule has 2 aromatic heterocycles. The van der Waals surface area contributed by atoms with Crippen LogP contribution in [0, 0.1) is 0 Å². The van der Waals surface area contributed by atoms with E-state index < -0.39 is 34.1 Å². The van der Waals surface area contributed by atoms with Crippen molar-refractivity contribution < 1.29 is 71.2 Å². The van der Waals surface area contributed by atoms with Gasteiger partial charge in [0.05, 0.1) is 193 Å². The maximum atomic E-state index is 13.2. The summed E-state index contributed by atoms with van der Waals surface area (Å²) >= 11 is 0. The van der Waals surface area contributed by atoms with Gasteiger partial charge in [0.15, 0.2) is 0 Å². The van der Waals surface area contributed by atoms with Gasteiger partial charge in [-0.05, 0) is 33.7 Å². The number of urea groups is 2. The maximum absolute atomic E-state index is 13.2. The average Bonchev–Trinajstić information content (AvgIpc) is 1.55. The van der Waals surface area contributed by atoms with Crippen LogP contribution in [0.3, 0.4) is 0 Å². The molecule has 0 bridgehead atoms. The standard InChI is InChI=1S/C27H24O4.C16H22N4O6.C12H15N3O6.C12H15N3O5/c1-3-7-22-18(5-1)9-11-26(30-16-20-14-28-20)24(22)13-25-23-8-4-2-6-19(23)10-12-27(25)31-17-21-15-29-21;21-15-17(1-9-5-23-9)13-14(19(15)3-11-7-25-11)20(4-12-8-26-12)16(22)18(13)2-10-6-24-10;16-10-13(1-7-4-19-7)11(17)15(3-9-6-21-9)12(18)14(10)2-8-5-20-8;1-2-3-13-10(16)14(4-8-6-19-8)12(18)15(11(13)17)5-9-7-20-9/h1-12,20-21H,13-17H2;9-14H,1-8H2;7-9H,1-6H2;2,8-9H,1,3-7H2. The van der Waals surface area contributed by atoms with E-state index >= 15 is 0 Å². The monoisotopic (exact) mass is 1360 g/mol. The SMILES string of the molecule is C=CCn1c(=O)n(CC2CO2)c(=O)n(CC2CO2)c1=O.O=C1N(CC2CO2)C2C(N1CC1CO1)N(CC1CO1)C(=O)N2CC1CO1.O=c1n(CC2CO2)c(=O)n(CC2CO2)c(=O)n1CC1CO1.c1ccc2c(Cc3c(OCC4CO4)ccc4ccccc34)c(OCC3CO3)ccc2c1. The van der Waals surface area contributed by atoms with Crippen molar-refractivity contribution in [3.8, 4) is 11.5 Å². The van der Waals surface area contributed by atoms with Crippen LogP contribution in [0.4, 0.5) is 9.59 Å². The first kappa shape index (κ1) is 64.3. The van der Waals surface area contributed by atoms with Gasteiger partial charge in [-0.2, -0.15) is 0 Å². The quantitative estimate of drug-likeness (QED) is 0.0436. The van der Waals surface area contributed by atoms with Crippen LogP contribution in [-0.4, -0.2) is 251 Å². The van der Waals surface area contributed by atoms with E-state index in [2.05, 4.69) is 79.4 Å². The van der Waals surface area contributed by atoms with Crippen molar-refractivity contribution in [3.63, 3.8) is 0 Å². The molecule has 0 aliphatic carbocycles. The van der Waals surface area contributed by atoms with Crippen molar-refractivity contribution in [1.82, 2.24) is 47.0 Å². The molecule has 31 nitrogen and oxygen atoms in total. The highest BCUT2D eigenvalue weighted by Gasteiger charge is 2.61. The summed E-state index contributed by atoms with van der Waals surface area (Å²) in [5.74, 6) is 1.83. The van der Waals surface area contributed by atoms with Crippen LogP contribution < -0.4 is 43.6 Å². The average molecular weight is 1360 g/mol. The molecule has 0 radical (unpaired) electrons. The van der Waals surface area contributed by atoms with Gasteiger partial charge < -0.3 is 61.6 Å². The Bertz CT molecular complexity index is 4030. The van der Waals surface area contributed by atoms with Gasteiger partial charge in [0.25, 0.3) is 0 Å². The number of benzene rings is 4. The van der Waals surface area contributed by atoms with E-state index in [0.717, 1.165) is 58.5 Å². The van der Waals surface area contributed by atoms with Gasteiger partial charge in [-0.3, -0.25) is 19.6 Å². The Labute approximate surface area is 558 Å². The molecule has 13 fully saturated rings. The number of allylic oxidation sites excluding steroid dienone is 1. The van der Waals surface area contributed by atoms with E-state index in [1.54, 1.807) is 19.6 Å². The third-order valence-electron chi connectivity index (χ3n) is 18.8. The molecule has 31 heteroatoms. The molecule has 6 aromatic rings. The largest absolute Gasteiger partial charge is 0.490 e. The fraction of sp³-hybridized carbons (Fsp3) is 0.552. The highest BCUT2D eigenvalue weighted by Crippen LogP contribution is 2.40. The van der Waals surface area contributed by atoms with Crippen molar-refractivity contribution in [3.05, 3.63) is 159 Å². The lowest BCUT2D eigenvalue weighted by Gasteiger charge is -2.29. The van der Waals surface area contributed by atoms with Gasteiger partial charge in [0.1, 0.15) is 49.3 Å². The lowest BCUT2D eigenvalue weighted by Crippen LogP contribution is -2.55. The molecule has 4 aromatic carbocycles. The van der Waals surface area contributed by atoms with Crippen LogP contribution in [0.5, 0.6) is 11.5 Å². The van der Waals surface area contributed by atoms with Crippen LogP contribution in [0.15, 0.2) is 114 Å². The highest BCUT2D eigenvalue weighted by atomic mass is 16.6.